The SMILES string of the molecule is CO[C@@H]1OC(C2OC(C)(C)O[C@H]2[C@H]2OC(C)(C)O[C@@H]2[C@H]2COC(C)(C)O2)[C@@H](N2C(=O)c3ccccc3C2=O)[C@H](OC(=O)c2ccccc2)[C@H]1OC(=O)c1ccccc1. The standard InChI is InChI=1S/C43H47NO14/c1-41(2)50-22-27(54-41)29-32(56-42(3,4)55-29)34-33(57-43(5,6)58-34)30-28(44-36(45)25-20-14-15-21-26(25)37(44)46)31(51-38(47)23-16-10-8-11-17-23)35(40(49-7)53-30)52-39(48)24-18-12-9-13-19-24/h8-21,27-35,40H,22H2,1-7H3/t27-,28-,29-,30?,31+,32+,33?,34+,35-,40-/m1/s1. The van der Waals surface area contributed by atoms with Gasteiger partial charge in [0.2, 0.25) is 0 Å². The van der Waals surface area contributed by atoms with Crippen LogP contribution in [0.1, 0.15) is 83.0 Å². The van der Waals surface area contributed by atoms with Gasteiger partial charge >= 0.3 is 11.9 Å². The molecule has 4 saturated heterocycles. The van der Waals surface area contributed by atoms with E-state index in [4.69, 9.17) is 47.4 Å². The Kier molecular flexibility index (Phi) is 10.6. The maximum absolute atomic E-state index is 14.5. The zero-order valence-electron chi connectivity index (χ0n) is 33.2. The molecule has 3 aromatic rings. The zero-order valence-corrected chi connectivity index (χ0v) is 33.2. The summed E-state index contributed by atoms with van der Waals surface area (Å²) in [6, 6.07) is 21.2. The average molecular weight is 802 g/mol. The van der Waals surface area contributed by atoms with E-state index >= 15 is 0 Å². The van der Waals surface area contributed by atoms with Gasteiger partial charge < -0.3 is 47.4 Å². The maximum atomic E-state index is 14.5. The molecule has 0 radical (unpaired) electrons. The van der Waals surface area contributed by atoms with E-state index < -0.39 is 102 Å². The lowest BCUT2D eigenvalue weighted by Crippen LogP contribution is -2.70. The molecule has 3 aromatic carbocycles. The Hall–Kier alpha value is -4.58. The van der Waals surface area contributed by atoms with Crippen LogP contribution in [0.15, 0.2) is 84.9 Å². The molecular formula is C43H47NO14. The van der Waals surface area contributed by atoms with Crippen molar-refractivity contribution in [2.24, 2.45) is 0 Å². The van der Waals surface area contributed by atoms with Crippen LogP contribution in [0.25, 0.3) is 0 Å². The van der Waals surface area contributed by atoms with E-state index in [-0.39, 0.29) is 28.9 Å². The first kappa shape index (κ1) is 40.2. The molecule has 15 nitrogen and oxygen atoms in total. The molecule has 0 N–H and O–H groups in total. The third-order valence-corrected chi connectivity index (χ3v) is 10.8. The molecule has 4 fully saturated rings. The third-order valence-electron chi connectivity index (χ3n) is 10.8. The summed E-state index contributed by atoms with van der Waals surface area (Å²) in [5.41, 5.74) is 0.604. The highest BCUT2D eigenvalue weighted by Gasteiger charge is 2.65. The van der Waals surface area contributed by atoms with E-state index in [1.807, 2.05) is 0 Å². The highest BCUT2D eigenvalue weighted by Crippen LogP contribution is 2.46. The van der Waals surface area contributed by atoms with E-state index in [0.717, 1.165) is 4.90 Å². The van der Waals surface area contributed by atoms with Gasteiger partial charge in [-0.25, -0.2) is 9.59 Å². The highest BCUT2D eigenvalue weighted by atomic mass is 16.8. The molecule has 308 valence electrons. The summed E-state index contributed by atoms with van der Waals surface area (Å²) < 4.78 is 63.6. The van der Waals surface area contributed by atoms with Crippen LogP contribution in [-0.4, -0.2) is 121 Å². The molecule has 5 aliphatic heterocycles. The van der Waals surface area contributed by atoms with Gasteiger partial charge in [-0.15, -0.1) is 0 Å². The molecule has 0 aromatic heterocycles. The second-order valence-corrected chi connectivity index (χ2v) is 16.2. The van der Waals surface area contributed by atoms with Gasteiger partial charge in [0.05, 0.1) is 28.9 Å². The van der Waals surface area contributed by atoms with Crippen LogP contribution in [0.3, 0.4) is 0 Å². The molecule has 58 heavy (non-hydrogen) atoms. The molecule has 0 saturated carbocycles. The van der Waals surface area contributed by atoms with Crippen LogP contribution in [0.2, 0.25) is 0 Å². The van der Waals surface area contributed by atoms with Crippen LogP contribution in [-0.2, 0) is 47.4 Å². The molecule has 0 bridgehead atoms. The van der Waals surface area contributed by atoms with Crippen molar-refractivity contribution in [3.63, 3.8) is 0 Å². The number of ether oxygens (including phenoxy) is 10. The lowest BCUT2D eigenvalue weighted by molar-refractivity contribution is -0.292. The lowest BCUT2D eigenvalue weighted by Gasteiger charge is -2.49. The molecular weight excluding hydrogens is 754 g/mol. The summed E-state index contributed by atoms with van der Waals surface area (Å²) in [7, 11) is 1.34. The lowest BCUT2D eigenvalue weighted by atomic mass is 9.86. The molecule has 2 unspecified atom stereocenters. The Labute approximate surface area is 335 Å². The summed E-state index contributed by atoms with van der Waals surface area (Å²) >= 11 is 0. The highest BCUT2D eigenvalue weighted by molar-refractivity contribution is 6.21. The van der Waals surface area contributed by atoms with E-state index in [0.29, 0.717) is 0 Å². The predicted molar refractivity (Wildman–Crippen MR) is 200 cm³/mol. The van der Waals surface area contributed by atoms with Gasteiger partial charge in [-0.2, -0.15) is 0 Å². The Morgan fingerprint density at radius 2 is 1.03 bits per heavy atom. The zero-order chi connectivity index (χ0) is 41.1. The van der Waals surface area contributed by atoms with Crippen molar-refractivity contribution in [2.45, 2.75) is 120 Å². The normalized spacial score (nSPS) is 33.5. The van der Waals surface area contributed by atoms with Crippen molar-refractivity contribution in [3.8, 4) is 0 Å². The van der Waals surface area contributed by atoms with E-state index in [9.17, 15) is 19.2 Å². The Morgan fingerprint density at radius 3 is 1.52 bits per heavy atom. The van der Waals surface area contributed by atoms with Gasteiger partial charge in [0, 0.05) is 7.11 Å². The van der Waals surface area contributed by atoms with E-state index in [1.54, 1.807) is 114 Å². The van der Waals surface area contributed by atoms with Gasteiger partial charge in [0.25, 0.3) is 11.8 Å². The number of nitrogens with zero attached hydrogens (tertiary/aromatic N) is 1. The van der Waals surface area contributed by atoms with Crippen LogP contribution in [0.4, 0.5) is 0 Å². The number of fused-ring (bicyclic) bond motifs is 1. The average Bonchev–Trinajstić information content (AvgIpc) is 3.91. The quantitative estimate of drug-likeness (QED) is 0.217. The van der Waals surface area contributed by atoms with Crippen molar-refractivity contribution in [3.05, 3.63) is 107 Å². The molecule has 5 aliphatic rings. The largest absolute Gasteiger partial charge is 0.452 e. The van der Waals surface area contributed by atoms with Crippen molar-refractivity contribution >= 4 is 23.8 Å². The summed E-state index contributed by atoms with van der Waals surface area (Å²) in [4.78, 5) is 58.0. The second-order valence-electron chi connectivity index (χ2n) is 16.2. The summed E-state index contributed by atoms with van der Waals surface area (Å²) in [6.07, 6.45) is -10.3. The molecule has 0 spiro atoms. The Balaban J connectivity index is 1.26. The molecule has 0 aliphatic carbocycles. The first-order chi connectivity index (χ1) is 27.6. The van der Waals surface area contributed by atoms with E-state index in [1.165, 1.54) is 19.2 Å². The van der Waals surface area contributed by atoms with Gasteiger partial charge in [0.1, 0.15) is 42.7 Å². The van der Waals surface area contributed by atoms with Crippen molar-refractivity contribution in [2.75, 3.05) is 13.7 Å². The van der Waals surface area contributed by atoms with Gasteiger partial charge in [-0.05, 0) is 77.9 Å². The van der Waals surface area contributed by atoms with Crippen molar-refractivity contribution in [1.82, 2.24) is 4.90 Å². The van der Waals surface area contributed by atoms with Crippen LogP contribution >= 0.6 is 0 Å². The summed E-state index contributed by atoms with van der Waals surface area (Å²) in [6.45, 7) is 10.7. The number of methoxy groups -OCH3 is 1. The first-order valence-electron chi connectivity index (χ1n) is 19.3. The van der Waals surface area contributed by atoms with Gasteiger partial charge in [0.15, 0.2) is 35.9 Å². The molecule has 2 amide bonds. The second kappa shape index (κ2) is 15.2. The first-order valence-corrected chi connectivity index (χ1v) is 19.3. The van der Waals surface area contributed by atoms with Gasteiger partial charge in [-0.3, -0.25) is 14.5 Å². The molecule has 8 rings (SSSR count). The Morgan fingerprint density at radius 1 is 0.586 bits per heavy atom. The predicted octanol–water partition coefficient (Wildman–Crippen LogP) is 4.67. The number of rotatable bonds is 9. The van der Waals surface area contributed by atoms with Crippen LogP contribution in [0.5, 0.6) is 0 Å². The topological polar surface area (TPSA) is 164 Å². The summed E-state index contributed by atoms with van der Waals surface area (Å²) in [5.74, 6) is -6.27. The fourth-order valence-electron chi connectivity index (χ4n) is 8.44. The van der Waals surface area contributed by atoms with Gasteiger partial charge in [-0.1, -0.05) is 48.5 Å². The smallest absolute Gasteiger partial charge is 0.338 e. The molecule has 10 atom stereocenters. The molecule has 15 heteroatoms. The monoisotopic (exact) mass is 801 g/mol. The number of imide groups is 1. The Bertz CT molecular complexity index is 2000. The number of hydrogen-bond donors (Lipinski definition) is 0. The fraction of sp³-hybridized carbons (Fsp3) is 0.488. The van der Waals surface area contributed by atoms with Crippen LogP contribution < -0.4 is 0 Å². The minimum Gasteiger partial charge on any atom is -0.452 e. The summed E-state index contributed by atoms with van der Waals surface area (Å²) in [5, 5.41) is 0. The molecule has 5 heterocycles. The van der Waals surface area contributed by atoms with Crippen LogP contribution in [0, 0.1) is 0 Å². The number of carbonyl (C=O) groups excluding carboxylic acids is 4. The third kappa shape index (κ3) is 7.57. The van der Waals surface area contributed by atoms with Crippen molar-refractivity contribution in [1.29, 1.82) is 0 Å². The van der Waals surface area contributed by atoms with Crippen molar-refractivity contribution < 1.29 is 66.5 Å². The number of carbonyl (C=O) groups is 4. The fourth-order valence-corrected chi connectivity index (χ4v) is 8.44. The maximum Gasteiger partial charge on any atom is 0.338 e. The number of benzene rings is 3. The van der Waals surface area contributed by atoms with E-state index in [2.05, 4.69) is 0 Å². The number of hydrogen-bond acceptors (Lipinski definition) is 14. The minimum atomic E-state index is -1.58. The number of amides is 2. The minimum absolute atomic E-state index is 0.127. The number of esters is 2.